The van der Waals surface area contributed by atoms with Gasteiger partial charge in [-0.05, 0) is 49.4 Å². The van der Waals surface area contributed by atoms with Gasteiger partial charge in [-0.1, -0.05) is 6.07 Å². The number of likely N-dealkylation sites (tertiary alicyclic amines) is 1. The first-order valence-electron chi connectivity index (χ1n) is 8.49. The van der Waals surface area contributed by atoms with Gasteiger partial charge in [0.25, 0.3) is 0 Å². The van der Waals surface area contributed by atoms with Crippen LogP contribution in [-0.4, -0.2) is 34.1 Å². The molecule has 1 aliphatic carbocycles. The summed E-state index contributed by atoms with van der Waals surface area (Å²) < 4.78 is 6.21. The molecule has 3 heterocycles. The molecule has 4 heteroatoms. The van der Waals surface area contributed by atoms with Crippen molar-refractivity contribution in [2.45, 2.75) is 32.4 Å². The minimum Gasteiger partial charge on any atom is -0.488 e. The fraction of sp³-hybridized carbons (Fsp3) is 0.474. The molecule has 0 N–H and O–H groups in total. The van der Waals surface area contributed by atoms with Crippen molar-refractivity contribution in [3.8, 4) is 5.75 Å². The number of fused-ring (bicyclic) bond motifs is 1. The molecule has 4 rings (SSSR count). The lowest BCUT2D eigenvalue weighted by Crippen LogP contribution is -2.28. The smallest absolute Gasteiger partial charge is 0.138 e. The van der Waals surface area contributed by atoms with Crippen molar-refractivity contribution in [2.24, 2.45) is 11.8 Å². The Morgan fingerprint density at radius 2 is 2.09 bits per heavy atom. The maximum atomic E-state index is 6.21. The third-order valence-electron chi connectivity index (χ3n) is 5.28. The summed E-state index contributed by atoms with van der Waals surface area (Å²) in [6, 6.07) is 8.10. The molecule has 1 aliphatic heterocycles. The van der Waals surface area contributed by atoms with E-state index in [1.165, 1.54) is 30.6 Å². The van der Waals surface area contributed by atoms with Gasteiger partial charge in [-0.3, -0.25) is 14.9 Å². The molecule has 23 heavy (non-hydrogen) atoms. The Kier molecular flexibility index (Phi) is 4.00. The Morgan fingerprint density at radius 3 is 2.91 bits per heavy atom. The highest BCUT2D eigenvalue weighted by molar-refractivity contribution is 5.18. The fourth-order valence-electron chi connectivity index (χ4n) is 4.07. The molecule has 2 aromatic rings. The molecule has 0 radical (unpaired) electrons. The highest BCUT2D eigenvalue weighted by atomic mass is 16.5. The number of hydrogen-bond donors (Lipinski definition) is 0. The molecule has 2 aliphatic rings. The van der Waals surface area contributed by atoms with Crippen molar-refractivity contribution in [2.75, 3.05) is 13.1 Å². The summed E-state index contributed by atoms with van der Waals surface area (Å²) in [5.41, 5.74) is 2.49. The van der Waals surface area contributed by atoms with Crippen molar-refractivity contribution in [3.05, 3.63) is 54.1 Å². The lowest BCUT2D eigenvalue weighted by molar-refractivity contribution is 0.147. The van der Waals surface area contributed by atoms with Gasteiger partial charge in [0, 0.05) is 37.9 Å². The van der Waals surface area contributed by atoms with Gasteiger partial charge in [0.15, 0.2) is 0 Å². The lowest BCUT2D eigenvalue weighted by Gasteiger charge is -2.22. The van der Waals surface area contributed by atoms with Gasteiger partial charge in [0.2, 0.25) is 0 Å². The molecule has 2 aromatic heterocycles. The Bertz CT molecular complexity index is 661. The average molecular weight is 309 g/mol. The third kappa shape index (κ3) is 3.08. The van der Waals surface area contributed by atoms with Crippen LogP contribution in [0, 0.1) is 18.8 Å². The van der Waals surface area contributed by atoms with Crippen molar-refractivity contribution in [3.63, 3.8) is 0 Å². The number of aromatic nitrogens is 2. The van der Waals surface area contributed by atoms with Crippen LogP contribution >= 0.6 is 0 Å². The largest absolute Gasteiger partial charge is 0.488 e. The van der Waals surface area contributed by atoms with Crippen molar-refractivity contribution in [1.29, 1.82) is 0 Å². The summed E-state index contributed by atoms with van der Waals surface area (Å²) in [5, 5.41) is 0. The zero-order chi connectivity index (χ0) is 15.6. The van der Waals surface area contributed by atoms with E-state index >= 15 is 0 Å². The fourth-order valence-corrected chi connectivity index (χ4v) is 4.07. The van der Waals surface area contributed by atoms with Gasteiger partial charge >= 0.3 is 0 Å². The number of aryl methyl sites for hydroxylation is 1. The Balaban J connectivity index is 1.40. The van der Waals surface area contributed by atoms with E-state index in [0.717, 1.165) is 24.8 Å². The number of rotatable bonds is 4. The van der Waals surface area contributed by atoms with E-state index in [2.05, 4.69) is 27.9 Å². The predicted molar refractivity (Wildman–Crippen MR) is 89.1 cm³/mol. The van der Waals surface area contributed by atoms with Crippen molar-refractivity contribution in [1.82, 2.24) is 14.9 Å². The van der Waals surface area contributed by atoms with Crippen LogP contribution in [-0.2, 0) is 6.54 Å². The summed E-state index contributed by atoms with van der Waals surface area (Å²) in [5.74, 6) is 2.30. The van der Waals surface area contributed by atoms with Gasteiger partial charge in [-0.25, -0.2) is 0 Å². The van der Waals surface area contributed by atoms with E-state index in [-0.39, 0.29) is 0 Å². The van der Waals surface area contributed by atoms with Crippen molar-refractivity contribution >= 4 is 0 Å². The Labute approximate surface area is 137 Å². The van der Waals surface area contributed by atoms with Crippen LogP contribution in [0.25, 0.3) is 0 Å². The molecule has 0 spiro atoms. The quantitative estimate of drug-likeness (QED) is 0.870. The molecule has 2 fully saturated rings. The van der Waals surface area contributed by atoms with E-state index < -0.39 is 0 Å². The van der Waals surface area contributed by atoms with Gasteiger partial charge in [0.1, 0.15) is 11.9 Å². The normalized spacial score (nSPS) is 27.1. The van der Waals surface area contributed by atoms with E-state index in [1.54, 1.807) is 6.20 Å². The molecule has 4 nitrogen and oxygen atoms in total. The number of pyridine rings is 2. The van der Waals surface area contributed by atoms with Crippen LogP contribution in [0.2, 0.25) is 0 Å². The minimum atomic E-state index is 0.332. The summed E-state index contributed by atoms with van der Waals surface area (Å²) in [6.45, 7) is 5.39. The SMILES string of the molecule is Cc1cccnc1CN1C[C@H]2CC[C@@H](Oc3cccnc3)[C@H]2C1. The first-order valence-corrected chi connectivity index (χ1v) is 8.49. The molecule has 1 saturated heterocycles. The zero-order valence-corrected chi connectivity index (χ0v) is 13.6. The van der Waals surface area contributed by atoms with E-state index in [0.29, 0.717) is 12.0 Å². The van der Waals surface area contributed by atoms with Gasteiger partial charge < -0.3 is 4.74 Å². The summed E-state index contributed by atoms with van der Waals surface area (Å²) >= 11 is 0. The van der Waals surface area contributed by atoms with Crippen LogP contribution in [0.4, 0.5) is 0 Å². The minimum absolute atomic E-state index is 0.332. The molecule has 0 amide bonds. The summed E-state index contributed by atoms with van der Waals surface area (Å²) in [4.78, 5) is 11.2. The highest BCUT2D eigenvalue weighted by Gasteiger charge is 2.43. The standard InChI is InChI=1S/C19H23N3O/c1-14-4-2-9-21-18(14)13-22-11-15-6-7-19(17(15)12-22)23-16-5-3-8-20-10-16/h2-5,8-10,15,17,19H,6-7,11-13H2,1H3/t15-,17+,19-/m1/s1. The lowest BCUT2D eigenvalue weighted by atomic mass is 9.99. The molecule has 0 unspecified atom stereocenters. The summed E-state index contributed by atoms with van der Waals surface area (Å²) in [6.07, 6.45) is 8.27. The second-order valence-corrected chi connectivity index (χ2v) is 6.81. The number of hydrogen-bond acceptors (Lipinski definition) is 4. The van der Waals surface area contributed by atoms with E-state index in [4.69, 9.17) is 4.74 Å². The average Bonchev–Trinajstić information content (AvgIpc) is 3.12. The van der Waals surface area contributed by atoms with Crippen LogP contribution in [0.1, 0.15) is 24.1 Å². The molecular formula is C19H23N3O. The molecule has 0 bridgehead atoms. The predicted octanol–water partition coefficient (Wildman–Crippen LogP) is 3.07. The first kappa shape index (κ1) is 14.6. The topological polar surface area (TPSA) is 38.2 Å². The van der Waals surface area contributed by atoms with Gasteiger partial charge in [-0.2, -0.15) is 0 Å². The second kappa shape index (κ2) is 6.28. The van der Waals surface area contributed by atoms with Crippen LogP contribution < -0.4 is 4.74 Å². The molecule has 3 atom stereocenters. The van der Waals surface area contributed by atoms with Gasteiger partial charge in [-0.15, -0.1) is 0 Å². The maximum absolute atomic E-state index is 6.21. The monoisotopic (exact) mass is 309 g/mol. The highest BCUT2D eigenvalue weighted by Crippen LogP contribution is 2.40. The molecule has 1 saturated carbocycles. The van der Waals surface area contributed by atoms with Crippen molar-refractivity contribution < 1.29 is 4.74 Å². The van der Waals surface area contributed by atoms with E-state index in [1.807, 2.05) is 30.6 Å². The first-order chi connectivity index (χ1) is 11.3. The zero-order valence-electron chi connectivity index (χ0n) is 13.6. The van der Waals surface area contributed by atoms with Crippen LogP contribution in [0.15, 0.2) is 42.9 Å². The molecule has 0 aromatic carbocycles. The van der Waals surface area contributed by atoms with Crippen LogP contribution in [0.3, 0.4) is 0 Å². The molecule has 120 valence electrons. The summed E-state index contributed by atoms with van der Waals surface area (Å²) in [7, 11) is 0. The second-order valence-electron chi connectivity index (χ2n) is 6.81. The third-order valence-corrected chi connectivity index (χ3v) is 5.28. The van der Waals surface area contributed by atoms with Crippen LogP contribution in [0.5, 0.6) is 5.75 Å². The van der Waals surface area contributed by atoms with E-state index in [9.17, 15) is 0 Å². The maximum Gasteiger partial charge on any atom is 0.138 e. The Morgan fingerprint density at radius 1 is 1.17 bits per heavy atom. The number of ether oxygens (including phenoxy) is 1. The molecular weight excluding hydrogens is 286 g/mol. The Hall–Kier alpha value is -1.94. The number of nitrogens with zero attached hydrogens (tertiary/aromatic N) is 3. The van der Waals surface area contributed by atoms with Gasteiger partial charge in [0.05, 0.1) is 11.9 Å².